The Morgan fingerprint density at radius 1 is 1.03 bits per heavy atom. The predicted molar refractivity (Wildman–Crippen MR) is 124 cm³/mol. The van der Waals surface area contributed by atoms with Crippen LogP contribution in [0, 0.1) is 5.82 Å². The van der Waals surface area contributed by atoms with Gasteiger partial charge in [0.15, 0.2) is 4.34 Å². The van der Waals surface area contributed by atoms with E-state index in [-0.39, 0.29) is 35.7 Å². The summed E-state index contributed by atoms with van der Waals surface area (Å²) in [4.78, 5) is 39.9. The van der Waals surface area contributed by atoms with Crippen molar-refractivity contribution in [2.75, 3.05) is 16.4 Å². The molecule has 0 unspecified atom stereocenters. The zero-order valence-corrected chi connectivity index (χ0v) is 18.8. The summed E-state index contributed by atoms with van der Waals surface area (Å²) in [6, 6.07) is 12.8. The van der Waals surface area contributed by atoms with Crippen molar-refractivity contribution in [3.05, 3.63) is 71.0 Å². The maximum absolute atomic E-state index is 12.9. The van der Waals surface area contributed by atoms with Crippen LogP contribution >= 0.6 is 23.1 Å². The van der Waals surface area contributed by atoms with E-state index in [4.69, 9.17) is 0 Å². The quantitative estimate of drug-likeness (QED) is 0.411. The molecule has 3 N–H and O–H groups in total. The number of carbonyl (C=O) groups excluding carboxylic acids is 3. The number of thiazole rings is 1. The minimum Gasteiger partial charge on any atom is -0.352 e. The number of anilines is 2. The number of carbonyl (C=O) groups is 3. The van der Waals surface area contributed by atoms with E-state index in [0.29, 0.717) is 28.0 Å². The molecule has 166 valence electrons. The molecule has 0 radical (unpaired) electrons. The van der Waals surface area contributed by atoms with Gasteiger partial charge in [0, 0.05) is 30.2 Å². The molecule has 0 atom stereocenters. The molecular weight excluding hydrogens is 451 g/mol. The van der Waals surface area contributed by atoms with Crippen molar-refractivity contribution in [3.8, 4) is 0 Å². The molecule has 0 saturated carbocycles. The first-order chi connectivity index (χ1) is 15.4. The lowest BCUT2D eigenvalue weighted by atomic mass is 10.2. The van der Waals surface area contributed by atoms with Crippen LogP contribution < -0.4 is 16.0 Å². The van der Waals surface area contributed by atoms with Crippen LogP contribution in [0.1, 0.15) is 18.2 Å². The highest BCUT2D eigenvalue weighted by Gasteiger charge is 2.11. The SMILES string of the molecule is CC(=O)Nc1cccc(NC(=O)CSc2nc(CC(=O)NCc3ccc(F)cc3)cs2)c1. The summed E-state index contributed by atoms with van der Waals surface area (Å²) >= 11 is 2.65. The van der Waals surface area contributed by atoms with Gasteiger partial charge in [0.1, 0.15) is 5.82 Å². The molecule has 3 aromatic rings. The van der Waals surface area contributed by atoms with Gasteiger partial charge in [0.25, 0.3) is 0 Å². The summed E-state index contributed by atoms with van der Waals surface area (Å²) in [5, 5.41) is 10.0. The number of hydrogen-bond acceptors (Lipinski definition) is 6. The molecule has 0 aliphatic carbocycles. The Morgan fingerprint density at radius 2 is 1.75 bits per heavy atom. The van der Waals surface area contributed by atoms with Crippen molar-refractivity contribution >= 4 is 52.2 Å². The molecule has 32 heavy (non-hydrogen) atoms. The van der Waals surface area contributed by atoms with Gasteiger partial charge in [-0.1, -0.05) is 30.0 Å². The second kappa shape index (κ2) is 11.4. The molecule has 0 aliphatic rings. The average Bonchev–Trinajstić information content (AvgIpc) is 3.19. The van der Waals surface area contributed by atoms with Crippen molar-refractivity contribution in [1.82, 2.24) is 10.3 Å². The van der Waals surface area contributed by atoms with E-state index >= 15 is 0 Å². The van der Waals surface area contributed by atoms with Gasteiger partial charge in [-0.05, 0) is 35.9 Å². The summed E-state index contributed by atoms with van der Waals surface area (Å²) in [7, 11) is 0. The van der Waals surface area contributed by atoms with Crippen LogP contribution in [-0.2, 0) is 27.3 Å². The molecule has 3 amide bonds. The number of hydrogen-bond donors (Lipinski definition) is 3. The molecule has 2 aromatic carbocycles. The maximum Gasteiger partial charge on any atom is 0.234 e. The number of thioether (sulfide) groups is 1. The molecule has 0 aliphatic heterocycles. The Balaban J connectivity index is 1.42. The van der Waals surface area contributed by atoms with Crippen molar-refractivity contribution < 1.29 is 18.8 Å². The summed E-state index contributed by atoms with van der Waals surface area (Å²) < 4.78 is 13.6. The van der Waals surface area contributed by atoms with Gasteiger partial charge in [0.2, 0.25) is 17.7 Å². The molecule has 10 heteroatoms. The Labute approximate surface area is 192 Å². The number of amides is 3. The van der Waals surface area contributed by atoms with Gasteiger partial charge in [-0.2, -0.15) is 0 Å². The third-order valence-electron chi connectivity index (χ3n) is 4.07. The lowest BCUT2D eigenvalue weighted by Gasteiger charge is -2.07. The first-order valence-electron chi connectivity index (χ1n) is 9.63. The fraction of sp³-hybridized carbons (Fsp3) is 0.182. The van der Waals surface area contributed by atoms with Crippen LogP contribution in [0.3, 0.4) is 0 Å². The second-order valence-corrected chi connectivity index (χ2v) is 8.86. The van der Waals surface area contributed by atoms with Gasteiger partial charge in [-0.15, -0.1) is 11.3 Å². The summed E-state index contributed by atoms with van der Waals surface area (Å²) in [6.07, 6.45) is 0.125. The smallest absolute Gasteiger partial charge is 0.234 e. The highest BCUT2D eigenvalue weighted by Crippen LogP contribution is 2.23. The molecular formula is C22H21FN4O3S2. The van der Waals surface area contributed by atoms with Crippen molar-refractivity contribution in [2.24, 2.45) is 0 Å². The van der Waals surface area contributed by atoms with Gasteiger partial charge < -0.3 is 16.0 Å². The molecule has 0 spiro atoms. The van der Waals surface area contributed by atoms with Crippen molar-refractivity contribution in [3.63, 3.8) is 0 Å². The molecule has 0 saturated heterocycles. The maximum atomic E-state index is 12.9. The second-order valence-electron chi connectivity index (χ2n) is 6.78. The summed E-state index contributed by atoms with van der Waals surface area (Å²) in [6.45, 7) is 1.73. The van der Waals surface area contributed by atoms with E-state index in [1.54, 1.807) is 41.8 Å². The zero-order valence-electron chi connectivity index (χ0n) is 17.2. The fourth-order valence-corrected chi connectivity index (χ4v) is 4.31. The predicted octanol–water partition coefficient (Wildman–Crippen LogP) is 3.83. The first kappa shape index (κ1) is 23.4. The van der Waals surface area contributed by atoms with Crippen LogP contribution in [0.5, 0.6) is 0 Å². The van der Waals surface area contributed by atoms with Gasteiger partial charge in [-0.25, -0.2) is 9.37 Å². The minimum atomic E-state index is -0.320. The van der Waals surface area contributed by atoms with Crippen molar-refractivity contribution in [2.45, 2.75) is 24.2 Å². The Kier molecular flexibility index (Phi) is 8.34. The topological polar surface area (TPSA) is 100 Å². The Bertz CT molecular complexity index is 1100. The van der Waals surface area contributed by atoms with Crippen LogP contribution in [0.15, 0.2) is 58.3 Å². The summed E-state index contributed by atoms with van der Waals surface area (Å²) in [5.41, 5.74) is 2.62. The third-order valence-corrected chi connectivity index (χ3v) is 6.14. The van der Waals surface area contributed by atoms with E-state index in [9.17, 15) is 18.8 Å². The number of halogens is 1. The van der Waals surface area contributed by atoms with Crippen LogP contribution in [0.4, 0.5) is 15.8 Å². The first-order valence-corrected chi connectivity index (χ1v) is 11.5. The van der Waals surface area contributed by atoms with E-state index in [2.05, 4.69) is 20.9 Å². The van der Waals surface area contributed by atoms with E-state index in [1.807, 2.05) is 0 Å². The Hall–Kier alpha value is -3.24. The van der Waals surface area contributed by atoms with E-state index < -0.39 is 0 Å². The fourth-order valence-electron chi connectivity index (χ4n) is 2.67. The zero-order chi connectivity index (χ0) is 22.9. The number of benzene rings is 2. The van der Waals surface area contributed by atoms with E-state index in [1.165, 1.54) is 42.2 Å². The lowest BCUT2D eigenvalue weighted by molar-refractivity contribution is -0.120. The summed E-state index contributed by atoms with van der Waals surface area (Å²) in [5.74, 6) is -0.738. The third kappa shape index (κ3) is 7.78. The van der Waals surface area contributed by atoms with E-state index in [0.717, 1.165) is 5.56 Å². The average molecular weight is 473 g/mol. The number of rotatable bonds is 9. The van der Waals surface area contributed by atoms with Gasteiger partial charge >= 0.3 is 0 Å². The van der Waals surface area contributed by atoms with Crippen LogP contribution in [0.2, 0.25) is 0 Å². The highest BCUT2D eigenvalue weighted by molar-refractivity contribution is 8.01. The molecule has 0 fully saturated rings. The molecule has 7 nitrogen and oxygen atoms in total. The largest absolute Gasteiger partial charge is 0.352 e. The van der Waals surface area contributed by atoms with Crippen molar-refractivity contribution in [1.29, 1.82) is 0 Å². The monoisotopic (exact) mass is 472 g/mol. The van der Waals surface area contributed by atoms with Crippen LogP contribution in [0.25, 0.3) is 0 Å². The number of nitrogens with zero attached hydrogens (tertiary/aromatic N) is 1. The molecule has 1 heterocycles. The minimum absolute atomic E-state index is 0.125. The normalized spacial score (nSPS) is 10.4. The number of nitrogens with one attached hydrogen (secondary N) is 3. The highest BCUT2D eigenvalue weighted by atomic mass is 32.2. The standard InChI is InChI=1S/C22H21FN4O3S2/c1-14(28)25-17-3-2-4-18(9-17)26-21(30)13-32-22-27-19(12-31-22)10-20(29)24-11-15-5-7-16(23)8-6-15/h2-9,12H,10-11,13H2,1H3,(H,24,29)(H,25,28)(H,26,30). The van der Waals surface area contributed by atoms with Gasteiger partial charge in [0.05, 0.1) is 17.9 Å². The lowest BCUT2D eigenvalue weighted by Crippen LogP contribution is -2.24. The molecule has 3 rings (SSSR count). The van der Waals surface area contributed by atoms with Gasteiger partial charge in [-0.3, -0.25) is 14.4 Å². The Morgan fingerprint density at radius 3 is 2.47 bits per heavy atom. The molecule has 0 bridgehead atoms. The molecule has 1 aromatic heterocycles. The van der Waals surface area contributed by atoms with Crippen LogP contribution in [-0.4, -0.2) is 28.5 Å². The number of aromatic nitrogens is 1.